The Bertz CT molecular complexity index is 939. The highest BCUT2D eigenvalue weighted by Crippen LogP contribution is 2.17. The lowest BCUT2D eigenvalue weighted by Crippen LogP contribution is -2.53. The lowest BCUT2D eigenvalue weighted by molar-refractivity contribution is -0.132. The van der Waals surface area contributed by atoms with E-state index in [1.54, 1.807) is 0 Å². The Kier molecular flexibility index (Phi) is 49.8. The fourth-order valence-electron chi connectivity index (χ4n) is 8.75. The molecule has 0 saturated heterocycles. The molecule has 0 aliphatic carbocycles. The van der Waals surface area contributed by atoms with E-state index in [-0.39, 0.29) is 0 Å². The smallest absolute Gasteiger partial charge is 0.249 e. The summed E-state index contributed by atoms with van der Waals surface area (Å²) in [7, 11) is 0. The summed E-state index contributed by atoms with van der Waals surface area (Å²) in [5, 5.41) is 43.7. The van der Waals surface area contributed by atoms with Gasteiger partial charge in [0, 0.05) is 0 Å². The lowest BCUT2D eigenvalue weighted by Gasteiger charge is -2.27. The number of rotatable bonds is 51. The van der Waals surface area contributed by atoms with Crippen LogP contribution in [0.5, 0.6) is 0 Å². The van der Waals surface area contributed by atoms with Crippen molar-refractivity contribution in [3.8, 4) is 0 Å². The minimum absolute atomic E-state index is 0.366. The van der Waals surface area contributed by atoms with Gasteiger partial charge >= 0.3 is 0 Å². The molecule has 1 amide bonds. The van der Waals surface area contributed by atoms with E-state index in [1.165, 1.54) is 231 Å². The predicted octanol–water partition coefficient (Wildman–Crippen LogP) is 15.9. The Morgan fingerprint density at radius 1 is 0.387 bits per heavy atom. The van der Waals surface area contributed by atoms with Gasteiger partial charge in [-0.25, -0.2) is 0 Å². The summed E-state index contributed by atoms with van der Waals surface area (Å²) in [4.78, 5) is 12.5. The zero-order valence-electron chi connectivity index (χ0n) is 41.6. The zero-order valence-corrected chi connectivity index (χ0v) is 41.6. The average molecular weight is 876 g/mol. The maximum Gasteiger partial charge on any atom is 0.249 e. The third-order valence-electron chi connectivity index (χ3n) is 13.1. The van der Waals surface area contributed by atoms with Crippen molar-refractivity contribution in [2.45, 2.75) is 321 Å². The molecule has 6 heteroatoms. The molecule has 0 aromatic rings. The van der Waals surface area contributed by atoms with Gasteiger partial charge in [-0.1, -0.05) is 256 Å². The summed E-state index contributed by atoms with van der Waals surface area (Å²) in [6.07, 6.45) is 61.3. The molecule has 0 radical (unpaired) electrons. The molecule has 0 bridgehead atoms. The Labute approximate surface area is 386 Å². The number of amides is 1. The fourth-order valence-corrected chi connectivity index (χ4v) is 8.75. The number of aliphatic hydroxyl groups is 4. The third-order valence-corrected chi connectivity index (χ3v) is 13.1. The molecule has 4 unspecified atom stereocenters. The van der Waals surface area contributed by atoms with Crippen LogP contribution in [0.1, 0.15) is 296 Å². The van der Waals surface area contributed by atoms with Crippen LogP contribution in [0.4, 0.5) is 0 Å². The summed E-state index contributed by atoms with van der Waals surface area (Å²) in [5.41, 5.74) is 0. The second-order valence-electron chi connectivity index (χ2n) is 19.3. The van der Waals surface area contributed by atoms with Gasteiger partial charge in [-0.3, -0.25) is 4.79 Å². The fraction of sp³-hybridized carbons (Fsp3) is 0.911. The molecular formula is C56H109NO5. The first kappa shape index (κ1) is 60.8. The molecule has 0 aliphatic heterocycles. The van der Waals surface area contributed by atoms with Gasteiger partial charge in [0.2, 0.25) is 5.91 Å². The monoisotopic (exact) mass is 876 g/mol. The number of allylic oxidation sites excluding steroid dienone is 4. The van der Waals surface area contributed by atoms with Gasteiger partial charge in [-0.2, -0.15) is 0 Å². The summed E-state index contributed by atoms with van der Waals surface area (Å²) in [5.74, 6) is -0.590. The highest BCUT2D eigenvalue weighted by atomic mass is 16.3. The summed E-state index contributed by atoms with van der Waals surface area (Å²) in [6.45, 7) is 4.05. The number of hydrogen-bond acceptors (Lipinski definition) is 5. The zero-order chi connectivity index (χ0) is 45.2. The van der Waals surface area contributed by atoms with Gasteiger partial charge in [0.1, 0.15) is 12.2 Å². The van der Waals surface area contributed by atoms with Crippen LogP contribution in [0, 0.1) is 0 Å². The van der Waals surface area contributed by atoms with Crippen molar-refractivity contribution >= 4 is 5.91 Å². The van der Waals surface area contributed by atoms with E-state index in [0.717, 1.165) is 38.5 Å². The van der Waals surface area contributed by atoms with Crippen molar-refractivity contribution in [3.63, 3.8) is 0 Å². The van der Waals surface area contributed by atoms with E-state index in [1.807, 2.05) is 0 Å². The van der Waals surface area contributed by atoms with Gasteiger partial charge in [0.15, 0.2) is 0 Å². The van der Waals surface area contributed by atoms with Gasteiger partial charge in [-0.05, 0) is 64.2 Å². The summed E-state index contributed by atoms with van der Waals surface area (Å²) in [6, 6.07) is -0.999. The molecule has 6 nitrogen and oxygen atoms in total. The molecular weight excluding hydrogens is 767 g/mol. The molecule has 5 N–H and O–H groups in total. The van der Waals surface area contributed by atoms with Crippen molar-refractivity contribution in [2.75, 3.05) is 6.61 Å². The molecule has 62 heavy (non-hydrogen) atoms. The van der Waals surface area contributed by atoms with Crippen LogP contribution in [0.3, 0.4) is 0 Å². The molecule has 0 spiro atoms. The van der Waals surface area contributed by atoms with Crippen LogP contribution in [0.15, 0.2) is 24.3 Å². The molecule has 0 rings (SSSR count). The van der Waals surface area contributed by atoms with Crippen molar-refractivity contribution in [1.29, 1.82) is 0 Å². The first-order valence-corrected chi connectivity index (χ1v) is 27.7. The van der Waals surface area contributed by atoms with Crippen molar-refractivity contribution in [2.24, 2.45) is 0 Å². The third kappa shape index (κ3) is 44.0. The first-order valence-electron chi connectivity index (χ1n) is 27.7. The van der Waals surface area contributed by atoms with E-state index in [4.69, 9.17) is 0 Å². The molecule has 0 heterocycles. The van der Waals surface area contributed by atoms with E-state index < -0.39 is 36.9 Å². The minimum Gasteiger partial charge on any atom is -0.394 e. The highest BCUT2D eigenvalue weighted by Gasteiger charge is 2.28. The number of hydrogen-bond donors (Lipinski definition) is 5. The maximum atomic E-state index is 12.5. The number of aliphatic hydroxyl groups excluding tert-OH is 4. The number of nitrogens with one attached hydrogen (secondary N) is 1. The Morgan fingerprint density at radius 2 is 0.661 bits per heavy atom. The van der Waals surface area contributed by atoms with Crippen LogP contribution >= 0.6 is 0 Å². The van der Waals surface area contributed by atoms with Gasteiger partial charge in [-0.15, -0.1) is 0 Å². The lowest BCUT2D eigenvalue weighted by atomic mass is 10.00. The standard InChI is InChI=1S/C56H109NO5/c1-3-5-7-9-11-13-15-17-18-19-20-21-22-23-24-25-26-27-28-29-30-31-32-33-34-35-36-37-38-40-42-44-46-48-50-54(60)56(62)57-52(51-58)55(61)53(59)49-47-45-43-41-39-16-14-12-10-8-6-4-2/h25-26,41,43,52-55,58-61H,3-24,27-40,42,44-51H2,1-2H3,(H,57,62)/b26-25-,43-41+. The quantitative estimate of drug-likeness (QED) is 0.0309. The maximum absolute atomic E-state index is 12.5. The molecule has 0 fully saturated rings. The molecule has 0 aromatic carbocycles. The van der Waals surface area contributed by atoms with E-state index in [9.17, 15) is 25.2 Å². The van der Waals surface area contributed by atoms with E-state index >= 15 is 0 Å². The topological polar surface area (TPSA) is 110 Å². The Hall–Kier alpha value is -1.21. The predicted molar refractivity (Wildman–Crippen MR) is 270 cm³/mol. The largest absolute Gasteiger partial charge is 0.394 e. The number of carbonyl (C=O) groups is 1. The average Bonchev–Trinajstić information content (AvgIpc) is 3.28. The van der Waals surface area contributed by atoms with Gasteiger partial charge < -0.3 is 25.7 Å². The normalized spacial score (nSPS) is 14.0. The second kappa shape index (κ2) is 50.8. The molecule has 368 valence electrons. The molecule has 4 atom stereocenters. The van der Waals surface area contributed by atoms with Crippen molar-refractivity contribution < 1.29 is 25.2 Å². The van der Waals surface area contributed by atoms with Crippen LogP contribution in [0.25, 0.3) is 0 Å². The van der Waals surface area contributed by atoms with Crippen LogP contribution in [0.2, 0.25) is 0 Å². The Balaban J connectivity index is 3.54. The summed E-state index contributed by atoms with van der Waals surface area (Å²) < 4.78 is 0. The highest BCUT2D eigenvalue weighted by molar-refractivity contribution is 5.80. The summed E-state index contributed by atoms with van der Waals surface area (Å²) >= 11 is 0. The SMILES string of the molecule is CCCCCCCCC/C=C/CCCC(O)C(O)C(CO)NC(=O)C(O)CCCCCCCCCCCCCCCCCC/C=C\CCCCCCCCCCCCCCCC. The second-order valence-corrected chi connectivity index (χ2v) is 19.3. The number of carbonyl (C=O) groups excluding carboxylic acids is 1. The van der Waals surface area contributed by atoms with E-state index in [2.05, 4.69) is 43.5 Å². The van der Waals surface area contributed by atoms with Crippen LogP contribution in [-0.4, -0.2) is 57.3 Å². The van der Waals surface area contributed by atoms with Crippen LogP contribution in [-0.2, 0) is 4.79 Å². The molecule has 0 aromatic heterocycles. The van der Waals surface area contributed by atoms with Crippen LogP contribution < -0.4 is 5.32 Å². The minimum atomic E-state index is -1.28. The van der Waals surface area contributed by atoms with E-state index in [0.29, 0.717) is 12.8 Å². The molecule has 0 aliphatic rings. The van der Waals surface area contributed by atoms with Gasteiger partial charge in [0.05, 0.1) is 18.8 Å². The van der Waals surface area contributed by atoms with Crippen molar-refractivity contribution in [3.05, 3.63) is 24.3 Å². The van der Waals surface area contributed by atoms with Crippen molar-refractivity contribution in [1.82, 2.24) is 5.32 Å². The number of unbranched alkanes of at least 4 members (excludes halogenated alkanes) is 38. The molecule has 0 saturated carbocycles. The Morgan fingerprint density at radius 3 is 0.968 bits per heavy atom. The first-order chi connectivity index (χ1) is 30.5. The van der Waals surface area contributed by atoms with Gasteiger partial charge in [0.25, 0.3) is 0 Å².